The van der Waals surface area contributed by atoms with Gasteiger partial charge in [0.05, 0.1) is 0 Å². The van der Waals surface area contributed by atoms with Crippen LogP contribution in [-0.2, 0) is 0 Å². The van der Waals surface area contributed by atoms with Crippen molar-refractivity contribution in [2.75, 3.05) is 0 Å². The molecule has 48 valence electrons. The summed E-state index contributed by atoms with van der Waals surface area (Å²) in [5.74, 6) is 0. The van der Waals surface area contributed by atoms with Crippen molar-refractivity contribution in [3.8, 4) is 0 Å². The van der Waals surface area contributed by atoms with Crippen LogP contribution in [0.5, 0.6) is 0 Å². The summed E-state index contributed by atoms with van der Waals surface area (Å²) in [6.07, 6.45) is 7.41. The maximum atomic E-state index is 2.41. The first-order chi connectivity index (χ1) is 3.71. The van der Waals surface area contributed by atoms with Gasteiger partial charge in [-0.2, -0.15) is 0 Å². The van der Waals surface area contributed by atoms with E-state index in [2.05, 4.69) is 6.92 Å². The molecule has 0 aromatic carbocycles. The molecule has 0 heterocycles. The summed E-state index contributed by atoms with van der Waals surface area (Å²) in [7, 11) is 0. The predicted molar refractivity (Wildman–Crippen MR) is 40.0 cm³/mol. The van der Waals surface area contributed by atoms with E-state index in [1.807, 2.05) is 16.9 Å². The van der Waals surface area contributed by atoms with Crippen LogP contribution in [0.15, 0.2) is 0 Å². The maximum absolute atomic E-state index is 2.41. The standard InChI is InChI=1S/C7H15As/c1-7(8)5-3-2-4-6-7/h2-6,8H2,1H3. The average molecular weight is 174 g/mol. The zero-order valence-electron chi connectivity index (χ0n) is 5.61. The van der Waals surface area contributed by atoms with Gasteiger partial charge in [0.1, 0.15) is 0 Å². The van der Waals surface area contributed by atoms with Gasteiger partial charge in [-0.25, -0.2) is 0 Å². The molecule has 0 radical (unpaired) electrons. The molecule has 0 aliphatic heterocycles. The van der Waals surface area contributed by atoms with Crippen LogP contribution in [0, 0.1) is 0 Å². The molecule has 0 N–H and O–H groups in total. The number of hydrogen-bond donors (Lipinski definition) is 0. The molecule has 0 bridgehead atoms. The van der Waals surface area contributed by atoms with Crippen LogP contribution in [0.25, 0.3) is 0 Å². The third-order valence-corrected chi connectivity index (χ3v) is 3.21. The van der Waals surface area contributed by atoms with Crippen LogP contribution in [0.4, 0.5) is 0 Å². The first-order valence-corrected chi connectivity index (χ1v) is 4.71. The van der Waals surface area contributed by atoms with Crippen molar-refractivity contribution in [2.24, 2.45) is 0 Å². The van der Waals surface area contributed by atoms with E-state index in [0.29, 0.717) is 0 Å². The monoisotopic (exact) mass is 174 g/mol. The molecule has 0 spiro atoms. The molecule has 0 saturated heterocycles. The van der Waals surface area contributed by atoms with Crippen LogP contribution in [-0.4, -0.2) is 16.9 Å². The van der Waals surface area contributed by atoms with Crippen molar-refractivity contribution < 1.29 is 0 Å². The van der Waals surface area contributed by atoms with Gasteiger partial charge in [0.2, 0.25) is 0 Å². The fourth-order valence-electron chi connectivity index (χ4n) is 1.36. The summed E-state index contributed by atoms with van der Waals surface area (Å²) < 4.78 is 0.741. The Labute approximate surface area is 60.5 Å². The molecule has 1 unspecified atom stereocenters. The third kappa shape index (κ3) is 1.82. The Morgan fingerprint density at radius 1 is 1.12 bits per heavy atom. The summed E-state index contributed by atoms with van der Waals surface area (Å²) in [5.41, 5.74) is 0. The van der Waals surface area contributed by atoms with Crippen LogP contribution >= 0.6 is 0 Å². The number of hydrogen-bond acceptors (Lipinski definition) is 0. The molecular weight excluding hydrogens is 159 g/mol. The van der Waals surface area contributed by atoms with Crippen molar-refractivity contribution in [2.45, 2.75) is 43.2 Å². The van der Waals surface area contributed by atoms with Crippen molar-refractivity contribution in [1.29, 1.82) is 0 Å². The Hall–Kier alpha value is 0.558. The van der Waals surface area contributed by atoms with Crippen molar-refractivity contribution >= 4 is 16.9 Å². The van der Waals surface area contributed by atoms with Gasteiger partial charge in [0.15, 0.2) is 0 Å². The van der Waals surface area contributed by atoms with Crippen molar-refractivity contribution in [3.05, 3.63) is 0 Å². The average Bonchev–Trinajstić information content (AvgIpc) is 1.65. The van der Waals surface area contributed by atoms with E-state index in [4.69, 9.17) is 0 Å². The zero-order valence-corrected chi connectivity index (χ0v) is 8.04. The van der Waals surface area contributed by atoms with Crippen LogP contribution in [0.2, 0.25) is 4.20 Å². The molecule has 1 aliphatic rings. The molecule has 0 aromatic heterocycles. The van der Waals surface area contributed by atoms with E-state index in [-0.39, 0.29) is 0 Å². The second-order valence-corrected chi connectivity index (χ2v) is 6.14. The van der Waals surface area contributed by atoms with Gasteiger partial charge < -0.3 is 0 Å². The van der Waals surface area contributed by atoms with Gasteiger partial charge in [0.25, 0.3) is 0 Å². The van der Waals surface area contributed by atoms with E-state index in [1.54, 1.807) is 0 Å². The van der Waals surface area contributed by atoms with Gasteiger partial charge in [-0.3, -0.25) is 0 Å². The minimum absolute atomic E-state index is 0.741. The van der Waals surface area contributed by atoms with Crippen LogP contribution < -0.4 is 0 Å². The SMILES string of the molecule is CC1([AsH2])CCCCC1. The van der Waals surface area contributed by atoms with Crippen molar-refractivity contribution in [1.82, 2.24) is 0 Å². The van der Waals surface area contributed by atoms with E-state index >= 15 is 0 Å². The van der Waals surface area contributed by atoms with Gasteiger partial charge in [-0.05, 0) is 0 Å². The predicted octanol–water partition coefficient (Wildman–Crippen LogP) is 1.76. The van der Waals surface area contributed by atoms with Gasteiger partial charge in [0, 0.05) is 0 Å². The quantitative estimate of drug-likeness (QED) is 0.491. The third-order valence-electron chi connectivity index (χ3n) is 2.00. The first kappa shape index (κ1) is 6.68. The Bertz CT molecular complexity index is 68.5. The summed E-state index contributed by atoms with van der Waals surface area (Å²) >= 11 is 1.94. The summed E-state index contributed by atoms with van der Waals surface area (Å²) in [5, 5.41) is 0. The molecule has 0 amide bonds. The Balaban J connectivity index is 2.33. The molecule has 1 saturated carbocycles. The first-order valence-electron chi connectivity index (χ1n) is 3.50. The second-order valence-electron chi connectivity index (χ2n) is 3.21. The van der Waals surface area contributed by atoms with Crippen LogP contribution in [0.3, 0.4) is 0 Å². The molecule has 1 heteroatoms. The van der Waals surface area contributed by atoms with E-state index in [9.17, 15) is 0 Å². The Kier molecular flexibility index (Phi) is 2.03. The molecule has 0 nitrogen and oxygen atoms in total. The molecule has 8 heavy (non-hydrogen) atoms. The molecule has 1 fully saturated rings. The fraction of sp³-hybridized carbons (Fsp3) is 1.00. The van der Waals surface area contributed by atoms with Gasteiger partial charge in [-0.1, -0.05) is 0 Å². The second kappa shape index (κ2) is 2.43. The minimum atomic E-state index is 0.741. The number of rotatable bonds is 0. The fourth-order valence-corrected chi connectivity index (χ4v) is 2.22. The Morgan fingerprint density at radius 2 is 1.62 bits per heavy atom. The van der Waals surface area contributed by atoms with Crippen molar-refractivity contribution in [3.63, 3.8) is 0 Å². The molecule has 1 aliphatic carbocycles. The summed E-state index contributed by atoms with van der Waals surface area (Å²) in [4.78, 5) is 0. The molecule has 1 atom stereocenters. The van der Waals surface area contributed by atoms with E-state index in [0.717, 1.165) is 4.20 Å². The molecular formula is C7H15As. The van der Waals surface area contributed by atoms with Gasteiger partial charge in [-0.15, -0.1) is 0 Å². The van der Waals surface area contributed by atoms with E-state index in [1.165, 1.54) is 32.1 Å². The zero-order chi connectivity index (χ0) is 6.04. The van der Waals surface area contributed by atoms with Gasteiger partial charge >= 0.3 is 60.1 Å². The normalized spacial score (nSPS) is 27.8. The van der Waals surface area contributed by atoms with E-state index < -0.39 is 0 Å². The molecule has 1 rings (SSSR count). The summed E-state index contributed by atoms with van der Waals surface area (Å²) in [6.45, 7) is 2.41. The summed E-state index contributed by atoms with van der Waals surface area (Å²) in [6, 6.07) is 0. The van der Waals surface area contributed by atoms with Crippen LogP contribution in [0.1, 0.15) is 39.0 Å². The molecule has 0 aromatic rings. The Morgan fingerprint density at radius 3 is 1.88 bits per heavy atom. The topological polar surface area (TPSA) is 0 Å².